The number of benzene rings is 5. The summed E-state index contributed by atoms with van der Waals surface area (Å²) in [7, 11) is 0. The number of hydrogen-bond acceptors (Lipinski definition) is 5. The predicted octanol–water partition coefficient (Wildman–Crippen LogP) is 15.9. The zero-order chi connectivity index (χ0) is 48.0. The first kappa shape index (κ1) is 49.0. The number of aryl methyl sites for hydroxylation is 3. The molecule has 0 atom stereocenters. The van der Waals surface area contributed by atoms with Crippen LogP contribution in [0.2, 0.25) is 17.3 Å². The van der Waals surface area contributed by atoms with Crippen molar-refractivity contribution >= 4 is 50.8 Å². The molecule has 1 saturated carbocycles. The molecule has 355 valence electrons. The number of aromatic nitrogens is 5. The van der Waals surface area contributed by atoms with Gasteiger partial charge in [-0.25, -0.2) is 0 Å². The van der Waals surface area contributed by atoms with Gasteiger partial charge in [0.05, 0.1) is 28.2 Å². The van der Waals surface area contributed by atoms with Crippen LogP contribution in [-0.4, -0.2) is 37.8 Å². The maximum Gasteiger partial charge on any atom is 0 e. The Kier molecular flexibility index (Phi) is 14.0. The van der Waals surface area contributed by atoms with Crippen LogP contribution in [0.1, 0.15) is 86.9 Å². The minimum Gasteiger partial charge on any atom is 0 e. The summed E-state index contributed by atoms with van der Waals surface area (Å²) in [5.41, 5.74) is 17.3. The SMILES string of the molecule is Cc1cc2nc(-c3[c-]nc4oc5cccc(C)c5c4c3)n(-c3c(-c4ccccc4)cc(C(C)(C)C)cc3-c3ccccc3)c2c(C)n1.[CH3][Ge]([CH3])([CH3])[c]1ccc(-c2[c-]cc(C3CCCCC3)cc2)nc1.[Ir]. The van der Waals surface area contributed by atoms with Gasteiger partial charge in [0, 0.05) is 42.3 Å². The van der Waals surface area contributed by atoms with Gasteiger partial charge in [-0.15, -0.1) is 6.07 Å². The predicted molar refractivity (Wildman–Crippen MR) is 289 cm³/mol. The number of fused-ring (bicyclic) bond motifs is 4. The second-order valence-corrected chi connectivity index (χ2v) is 31.6. The van der Waals surface area contributed by atoms with Gasteiger partial charge in [-0.1, -0.05) is 99.1 Å². The maximum absolute atomic E-state index is 6.15. The molecular formula is C62H61GeIrN5O-2. The fraction of sp³-hybridized carbons (Fsp3) is 0.258. The van der Waals surface area contributed by atoms with E-state index in [1.165, 1.54) is 47.6 Å². The van der Waals surface area contributed by atoms with Crippen molar-refractivity contribution in [1.29, 1.82) is 0 Å². The standard InChI is InChI=1S/C42H35N4O.C20H26GeN.Ir/c1-25-14-13-19-36-37(25)34-21-30(24-43-41(34)47-36)40-45-35-20-26(2)44-27(3)38(35)46(40)39-32(28-15-9-7-10-16-28)22-31(42(4,5)6)23-33(39)29-17-11-8-12-18-29;1-21(2,3)19-13-14-20(22-15-19)18-11-9-17(10-12-18)16-7-5-4-6-8-16;/h7-23H,1-6H3;9-11,13-16H,4-8H2,1-3H3;/q2*-1;. The molecule has 0 unspecified atom stereocenters. The van der Waals surface area contributed by atoms with Gasteiger partial charge in [0.15, 0.2) is 0 Å². The number of nitrogens with zero attached hydrogens (tertiary/aromatic N) is 5. The van der Waals surface area contributed by atoms with E-state index in [0.29, 0.717) is 5.71 Å². The molecule has 6 nitrogen and oxygen atoms in total. The summed E-state index contributed by atoms with van der Waals surface area (Å²) >= 11 is -1.76. The molecule has 5 aromatic carbocycles. The molecule has 0 amide bonds. The number of pyridine rings is 3. The Labute approximate surface area is 429 Å². The van der Waals surface area contributed by atoms with Crippen molar-refractivity contribution in [1.82, 2.24) is 24.5 Å². The quantitative estimate of drug-likeness (QED) is 0.117. The summed E-state index contributed by atoms with van der Waals surface area (Å²) in [4.78, 5) is 19.7. The van der Waals surface area contributed by atoms with Gasteiger partial charge in [-0.2, -0.15) is 0 Å². The molecule has 10 aromatic rings. The van der Waals surface area contributed by atoms with Gasteiger partial charge in [-0.05, 0) is 84.3 Å². The third-order valence-corrected chi connectivity index (χ3v) is 18.1. The van der Waals surface area contributed by atoms with Gasteiger partial charge in [0.1, 0.15) is 11.3 Å². The van der Waals surface area contributed by atoms with Crippen molar-refractivity contribution < 1.29 is 24.5 Å². The molecule has 1 radical (unpaired) electrons. The largest absolute Gasteiger partial charge is 0 e. The topological polar surface area (TPSA) is 69.6 Å². The number of imidazole rings is 1. The summed E-state index contributed by atoms with van der Waals surface area (Å²) in [5, 5.41) is 2.01. The van der Waals surface area contributed by atoms with Crippen LogP contribution in [0.5, 0.6) is 0 Å². The van der Waals surface area contributed by atoms with Crippen LogP contribution in [0.4, 0.5) is 0 Å². The summed E-state index contributed by atoms with van der Waals surface area (Å²) in [6.45, 7) is 13.0. The third-order valence-electron chi connectivity index (χ3n) is 13.9. The number of hydrogen-bond donors (Lipinski definition) is 0. The Hall–Kier alpha value is -5.99. The van der Waals surface area contributed by atoms with Crippen LogP contribution < -0.4 is 4.40 Å². The number of furan rings is 1. The van der Waals surface area contributed by atoms with E-state index in [1.54, 1.807) is 0 Å². The van der Waals surface area contributed by atoms with E-state index >= 15 is 0 Å². The first-order valence-corrected chi connectivity index (χ1v) is 31.9. The molecule has 5 aromatic heterocycles. The van der Waals surface area contributed by atoms with Crippen molar-refractivity contribution in [2.24, 2.45) is 0 Å². The Bertz CT molecular complexity index is 3390. The van der Waals surface area contributed by atoms with Crippen molar-refractivity contribution in [2.45, 2.75) is 102 Å². The molecule has 1 fully saturated rings. The van der Waals surface area contributed by atoms with Gasteiger partial charge in [0.25, 0.3) is 0 Å². The molecule has 1 aliphatic rings. The van der Waals surface area contributed by atoms with Crippen LogP contribution >= 0.6 is 0 Å². The molecule has 8 heteroatoms. The Morgan fingerprint density at radius 2 is 1.40 bits per heavy atom. The summed E-state index contributed by atoms with van der Waals surface area (Å²) in [6, 6.07) is 50.9. The van der Waals surface area contributed by atoms with Crippen LogP contribution in [0.15, 0.2) is 144 Å². The first-order chi connectivity index (χ1) is 33.2. The fourth-order valence-corrected chi connectivity index (χ4v) is 12.2. The Balaban J connectivity index is 0.000000222. The zero-order valence-electron chi connectivity index (χ0n) is 41.9. The van der Waals surface area contributed by atoms with E-state index in [9.17, 15) is 0 Å². The average molecular weight is 1160 g/mol. The molecule has 11 rings (SSSR count). The fourth-order valence-electron chi connectivity index (χ4n) is 10.1. The monoisotopic (exact) mass is 1160 g/mol. The van der Waals surface area contributed by atoms with Crippen LogP contribution in [0.25, 0.3) is 83.7 Å². The minimum atomic E-state index is -1.76. The average Bonchev–Trinajstić information content (AvgIpc) is 3.93. The van der Waals surface area contributed by atoms with E-state index in [1.807, 2.05) is 19.1 Å². The van der Waals surface area contributed by atoms with E-state index in [4.69, 9.17) is 19.4 Å². The molecular weight excluding hydrogens is 1100 g/mol. The molecule has 70 heavy (non-hydrogen) atoms. The molecule has 0 spiro atoms. The van der Waals surface area contributed by atoms with Crippen molar-refractivity contribution in [2.75, 3.05) is 0 Å². The van der Waals surface area contributed by atoms with Crippen molar-refractivity contribution in [3.63, 3.8) is 0 Å². The second kappa shape index (κ2) is 20.0. The second-order valence-electron chi connectivity index (χ2n) is 21.0. The first-order valence-electron chi connectivity index (χ1n) is 24.6. The summed E-state index contributed by atoms with van der Waals surface area (Å²) < 4.78 is 9.91. The molecule has 0 N–H and O–H groups in total. The van der Waals surface area contributed by atoms with E-state index in [0.717, 1.165) is 101 Å². The molecule has 1 aliphatic carbocycles. The summed E-state index contributed by atoms with van der Waals surface area (Å²) in [5.74, 6) is 8.72. The van der Waals surface area contributed by atoms with Crippen LogP contribution in [0.3, 0.4) is 0 Å². The van der Waals surface area contributed by atoms with Crippen molar-refractivity contribution in [3.05, 3.63) is 180 Å². The Morgan fingerprint density at radius 3 is 2.00 bits per heavy atom. The summed E-state index contributed by atoms with van der Waals surface area (Å²) in [6.07, 6.45) is 12.3. The molecule has 0 bridgehead atoms. The Morgan fingerprint density at radius 1 is 0.714 bits per heavy atom. The zero-order valence-corrected chi connectivity index (χ0v) is 46.4. The van der Waals surface area contributed by atoms with Gasteiger partial charge in [0.2, 0.25) is 0 Å². The van der Waals surface area contributed by atoms with Crippen molar-refractivity contribution in [3.8, 4) is 50.6 Å². The third kappa shape index (κ3) is 9.86. The number of rotatable bonds is 7. The molecule has 0 saturated heterocycles. The van der Waals surface area contributed by atoms with Gasteiger partial charge < -0.3 is 14.0 Å². The maximum atomic E-state index is 6.15. The van der Waals surface area contributed by atoms with Gasteiger partial charge >= 0.3 is 137 Å². The van der Waals surface area contributed by atoms with Crippen LogP contribution in [-0.2, 0) is 25.5 Å². The van der Waals surface area contributed by atoms with E-state index in [-0.39, 0.29) is 25.5 Å². The van der Waals surface area contributed by atoms with Gasteiger partial charge in [-0.3, -0.25) is 9.97 Å². The molecule has 5 heterocycles. The van der Waals surface area contributed by atoms with Crippen LogP contribution in [0, 0.1) is 33.0 Å². The van der Waals surface area contributed by atoms with E-state index < -0.39 is 13.3 Å². The normalized spacial score (nSPS) is 13.3. The smallest absolute Gasteiger partial charge is 0 e. The molecule has 0 aliphatic heterocycles. The van der Waals surface area contributed by atoms with E-state index in [2.05, 4.69) is 201 Å². The minimum absolute atomic E-state index is 0.